The first kappa shape index (κ1) is 15.7. The molecule has 0 saturated carbocycles. The SMILES string of the molecule is COC1=NC(C)(c2cc(Br)ccc2F)COC1.N=O. The van der Waals surface area contributed by atoms with Gasteiger partial charge in [0.05, 0.1) is 13.7 Å². The molecule has 5 nitrogen and oxygen atoms in total. The van der Waals surface area contributed by atoms with Gasteiger partial charge in [-0.3, -0.25) is 0 Å². The number of halogens is 2. The Labute approximate surface area is 118 Å². The van der Waals surface area contributed by atoms with E-state index < -0.39 is 5.54 Å². The summed E-state index contributed by atoms with van der Waals surface area (Å²) in [5, 5.41) is 0. The monoisotopic (exact) mass is 332 g/mol. The molecule has 1 N–H and O–H groups in total. The van der Waals surface area contributed by atoms with Crippen LogP contribution in [-0.4, -0.2) is 26.2 Å². The van der Waals surface area contributed by atoms with Gasteiger partial charge in [-0.1, -0.05) is 21.5 Å². The second-order valence-corrected chi connectivity index (χ2v) is 5.02. The van der Waals surface area contributed by atoms with Gasteiger partial charge in [-0.05, 0) is 25.1 Å². The van der Waals surface area contributed by atoms with E-state index in [4.69, 9.17) is 14.4 Å². The second kappa shape index (κ2) is 6.72. The molecule has 19 heavy (non-hydrogen) atoms. The lowest BCUT2D eigenvalue weighted by Gasteiger charge is -2.30. The van der Waals surface area contributed by atoms with E-state index in [0.717, 1.165) is 4.47 Å². The quantitative estimate of drug-likeness (QED) is 0.802. The van der Waals surface area contributed by atoms with Crippen LogP contribution < -0.4 is 0 Å². The Balaban J connectivity index is 0.000000861. The minimum Gasteiger partial charge on any atom is -0.483 e. The largest absolute Gasteiger partial charge is 0.483 e. The van der Waals surface area contributed by atoms with E-state index in [2.05, 4.69) is 26.5 Å². The molecule has 0 fully saturated rings. The summed E-state index contributed by atoms with van der Waals surface area (Å²) in [6.45, 7) is 2.50. The van der Waals surface area contributed by atoms with Gasteiger partial charge < -0.3 is 9.47 Å². The van der Waals surface area contributed by atoms with Crippen LogP contribution in [0.5, 0.6) is 0 Å². The fraction of sp³-hybridized carbons (Fsp3) is 0.417. The van der Waals surface area contributed by atoms with E-state index in [1.54, 1.807) is 12.1 Å². The van der Waals surface area contributed by atoms with Crippen molar-refractivity contribution in [2.75, 3.05) is 20.3 Å². The van der Waals surface area contributed by atoms with Crippen molar-refractivity contribution in [2.24, 2.45) is 4.99 Å². The lowest BCUT2D eigenvalue weighted by Crippen LogP contribution is -2.35. The molecule has 1 aromatic rings. The van der Waals surface area contributed by atoms with Crippen LogP contribution in [0.4, 0.5) is 4.39 Å². The molecule has 1 atom stereocenters. The number of nitrogens with one attached hydrogen (secondary N) is 1. The lowest BCUT2D eigenvalue weighted by molar-refractivity contribution is 0.0883. The number of methoxy groups -OCH3 is 1. The molecule has 7 heteroatoms. The molecule has 0 aromatic heterocycles. The molecule has 0 aliphatic carbocycles. The highest BCUT2D eigenvalue weighted by atomic mass is 79.9. The van der Waals surface area contributed by atoms with Crippen LogP contribution in [0.3, 0.4) is 0 Å². The first-order valence-corrected chi connectivity index (χ1v) is 6.21. The Morgan fingerprint density at radius 2 is 2.21 bits per heavy atom. The summed E-state index contributed by atoms with van der Waals surface area (Å²) in [7, 11) is 1.53. The molecule has 1 aliphatic rings. The van der Waals surface area contributed by atoms with Gasteiger partial charge in [-0.15, -0.1) is 0 Å². The number of ether oxygens (including phenoxy) is 2. The molecule has 0 saturated heterocycles. The van der Waals surface area contributed by atoms with Gasteiger partial charge in [0.25, 0.3) is 0 Å². The zero-order valence-electron chi connectivity index (χ0n) is 10.6. The smallest absolute Gasteiger partial charge is 0.210 e. The molecule has 0 radical (unpaired) electrons. The van der Waals surface area contributed by atoms with Crippen LogP contribution >= 0.6 is 15.9 Å². The number of nitroso groups, excluding NO2 is 1. The zero-order chi connectivity index (χ0) is 14.5. The highest BCUT2D eigenvalue weighted by Gasteiger charge is 2.33. The van der Waals surface area contributed by atoms with Crippen LogP contribution in [-0.2, 0) is 15.0 Å². The van der Waals surface area contributed by atoms with E-state index in [-0.39, 0.29) is 5.82 Å². The maximum Gasteiger partial charge on any atom is 0.210 e. The van der Waals surface area contributed by atoms with Crippen LogP contribution in [0.2, 0.25) is 0 Å². The minimum atomic E-state index is -0.739. The predicted octanol–water partition coefficient (Wildman–Crippen LogP) is 3.21. The van der Waals surface area contributed by atoms with E-state index in [9.17, 15) is 4.39 Å². The number of hydrogen-bond acceptors (Lipinski definition) is 5. The average molecular weight is 333 g/mol. The molecule has 1 heterocycles. The maximum absolute atomic E-state index is 13.8. The van der Waals surface area contributed by atoms with E-state index in [0.29, 0.717) is 24.7 Å². The molecular formula is C12H14BrFN2O3. The first-order chi connectivity index (χ1) is 9.05. The topological polar surface area (TPSA) is 71.7 Å². The van der Waals surface area contributed by atoms with E-state index in [1.165, 1.54) is 13.2 Å². The summed E-state index contributed by atoms with van der Waals surface area (Å²) >= 11 is 3.33. The molecule has 0 amide bonds. The Hall–Kier alpha value is -1.34. The van der Waals surface area contributed by atoms with Crippen LogP contribution in [0.15, 0.2) is 27.7 Å². The molecular weight excluding hydrogens is 319 g/mol. The Kier molecular flexibility index (Phi) is 5.56. The lowest BCUT2D eigenvalue weighted by atomic mass is 9.92. The van der Waals surface area contributed by atoms with Gasteiger partial charge in [0.1, 0.15) is 18.0 Å². The normalized spacial score (nSPS) is 22.0. The second-order valence-electron chi connectivity index (χ2n) is 4.10. The summed E-state index contributed by atoms with van der Waals surface area (Å²) in [6, 6.07) is 4.80. The van der Waals surface area contributed by atoms with Gasteiger partial charge in [-0.25, -0.2) is 9.38 Å². The molecule has 0 spiro atoms. The van der Waals surface area contributed by atoms with Gasteiger partial charge in [0.15, 0.2) is 0 Å². The maximum atomic E-state index is 13.8. The fourth-order valence-corrected chi connectivity index (χ4v) is 2.19. The van der Waals surface area contributed by atoms with Gasteiger partial charge in [-0.2, -0.15) is 4.91 Å². The molecule has 2 rings (SSSR count). The zero-order valence-corrected chi connectivity index (χ0v) is 12.2. The first-order valence-electron chi connectivity index (χ1n) is 5.41. The fourth-order valence-electron chi connectivity index (χ4n) is 1.83. The average Bonchev–Trinajstić information content (AvgIpc) is 2.43. The van der Waals surface area contributed by atoms with Crippen molar-refractivity contribution in [1.29, 1.82) is 5.59 Å². The predicted molar refractivity (Wildman–Crippen MR) is 72.8 cm³/mol. The van der Waals surface area contributed by atoms with Crippen molar-refractivity contribution in [2.45, 2.75) is 12.5 Å². The number of hydrogen-bond donors (Lipinski definition) is 1. The summed E-state index contributed by atoms with van der Waals surface area (Å²) in [4.78, 5) is 11.9. The van der Waals surface area contributed by atoms with Crippen LogP contribution in [0, 0.1) is 16.3 Å². The van der Waals surface area contributed by atoms with Crippen molar-refractivity contribution < 1.29 is 13.9 Å². The molecule has 1 unspecified atom stereocenters. The number of rotatable bonds is 1. The van der Waals surface area contributed by atoms with Crippen LogP contribution in [0.25, 0.3) is 0 Å². The van der Waals surface area contributed by atoms with Crippen molar-refractivity contribution >= 4 is 21.8 Å². The number of nitrogens with zero attached hydrogens (tertiary/aromatic N) is 1. The third-order valence-electron chi connectivity index (χ3n) is 2.72. The molecule has 1 aliphatic heterocycles. The van der Waals surface area contributed by atoms with Crippen molar-refractivity contribution in [1.82, 2.24) is 0 Å². The van der Waals surface area contributed by atoms with Crippen molar-refractivity contribution in [3.63, 3.8) is 0 Å². The highest BCUT2D eigenvalue weighted by molar-refractivity contribution is 9.10. The summed E-state index contributed by atoms with van der Waals surface area (Å²) in [5.74, 6) is 0.193. The Bertz CT molecular complexity index is 484. The van der Waals surface area contributed by atoms with Gasteiger partial charge in [0, 0.05) is 10.0 Å². The number of benzene rings is 1. The van der Waals surface area contributed by atoms with Gasteiger partial charge in [0.2, 0.25) is 5.90 Å². The molecule has 104 valence electrons. The van der Waals surface area contributed by atoms with E-state index in [1.807, 2.05) is 6.92 Å². The van der Waals surface area contributed by atoms with Crippen molar-refractivity contribution in [3.8, 4) is 0 Å². The minimum absolute atomic E-state index is 0.291. The summed E-state index contributed by atoms with van der Waals surface area (Å²) < 4.78 is 25.1. The Morgan fingerprint density at radius 1 is 1.53 bits per heavy atom. The third kappa shape index (κ3) is 3.57. The van der Waals surface area contributed by atoms with E-state index >= 15 is 0 Å². The standard InChI is InChI=1S/C12H13BrFNO2.HNO/c1-12(7-17-6-11(15-12)16-2)9-5-8(13)3-4-10(9)14;1-2/h3-5H,6-7H2,1-2H3;1H. The third-order valence-corrected chi connectivity index (χ3v) is 3.22. The molecule has 1 aromatic carbocycles. The van der Waals surface area contributed by atoms with Crippen LogP contribution in [0.1, 0.15) is 12.5 Å². The Morgan fingerprint density at radius 3 is 2.84 bits per heavy atom. The summed E-state index contributed by atoms with van der Waals surface area (Å²) in [5.41, 5.74) is 4.26. The van der Waals surface area contributed by atoms with Crippen molar-refractivity contribution in [3.05, 3.63) is 39.0 Å². The van der Waals surface area contributed by atoms with Gasteiger partial charge >= 0.3 is 0 Å². The molecule has 0 bridgehead atoms. The number of aliphatic imine (C=N–C) groups is 1. The highest BCUT2D eigenvalue weighted by Crippen LogP contribution is 2.32. The summed E-state index contributed by atoms with van der Waals surface area (Å²) in [6.07, 6.45) is 0.